The number of benzene rings is 3. The molecule has 2 N–H and O–H groups in total. The van der Waals surface area contributed by atoms with Gasteiger partial charge in [0.1, 0.15) is 0 Å². The minimum absolute atomic E-state index is 0.000868. The Morgan fingerprint density at radius 3 is 1.84 bits per heavy atom. The van der Waals surface area contributed by atoms with Crippen molar-refractivity contribution in [2.24, 2.45) is 0 Å². The van der Waals surface area contributed by atoms with E-state index in [1.54, 1.807) is 0 Å². The molecule has 5 aromatic rings. The Morgan fingerprint density at radius 2 is 1.26 bits per heavy atom. The van der Waals surface area contributed by atoms with Gasteiger partial charge in [-0.15, -0.1) is 0 Å². The van der Waals surface area contributed by atoms with Crippen molar-refractivity contribution in [3.05, 3.63) is 74.5 Å². The number of hydrogen-bond acceptors (Lipinski definition) is 3. The number of aromatic amines is 2. The van der Waals surface area contributed by atoms with Crippen LogP contribution in [-0.2, 0) is 6.42 Å². The van der Waals surface area contributed by atoms with Crippen LogP contribution in [0.25, 0.3) is 43.6 Å². The van der Waals surface area contributed by atoms with E-state index in [0.717, 1.165) is 47.2 Å². The van der Waals surface area contributed by atoms with Crippen molar-refractivity contribution in [1.82, 2.24) is 9.97 Å². The van der Waals surface area contributed by atoms with Crippen LogP contribution >= 0.6 is 0 Å². The maximum atomic E-state index is 13.6. The fourth-order valence-corrected chi connectivity index (χ4v) is 4.72. The molecule has 0 spiro atoms. The van der Waals surface area contributed by atoms with Crippen molar-refractivity contribution >= 4 is 49.3 Å². The second-order valence-corrected chi connectivity index (χ2v) is 7.92. The minimum Gasteiger partial charge on any atom is -0.371 e. The van der Waals surface area contributed by atoms with Crippen LogP contribution in [0.3, 0.4) is 0 Å². The van der Waals surface area contributed by atoms with Gasteiger partial charge >= 0.3 is 0 Å². The normalized spacial score (nSPS) is 11.7. The Labute approximate surface area is 179 Å². The summed E-state index contributed by atoms with van der Waals surface area (Å²) in [6.07, 6.45) is 0.787. The van der Waals surface area contributed by atoms with Gasteiger partial charge in [0.05, 0.1) is 33.1 Å². The highest BCUT2D eigenvalue weighted by Crippen LogP contribution is 2.27. The molecule has 5 nitrogen and oxygen atoms in total. The third kappa shape index (κ3) is 2.84. The Hall–Kier alpha value is -3.60. The van der Waals surface area contributed by atoms with E-state index in [-0.39, 0.29) is 10.9 Å². The number of nitrogens with one attached hydrogen (secondary N) is 2. The summed E-state index contributed by atoms with van der Waals surface area (Å²) in [5.41, 5.74) is 4.90. The van der Waals surface area contributed by atoms with Gasteiger partial charge in [-0.25, -0.2) is 0 Å². The van der Waals surface area contributed by atoms with Gasteiger partial charge in [0.25, 0.3) is 0 Å². The summed E-state index contributed by atoms with van der Waals surface area (Å²) in [7, 11) is 0. The molecule has 0 fully saturated rings. The average Bonchev–Trinajstić information content (AvgIpc) is 2.79. The summed E-state index contributed by atoms with van der Waals surface area (Å²) >= 11 is 0. The van der Waals surface area contributed by atoms with Crippen molar-refractivity contribution in [3.8, 4) is 0 Å². The molecule has 0 radical (unpaired) electrons. The van der Waals surface area contributed by atoms with E-state index in [4.69, 9.17) is 0 Å². The molecule has 0 unspecified atom stereocenters. The highest BCUT2D eigenvalue weighted by Gasteiger charge is 2.15. The van der Waals surface area contributed by atoms with Crippen molar-refractivity contribution in [2.75, 3.05) is 18.0 Å². The topological polar surface area (TPSA) is 69.0 Å². The van der Waals surface area contributed by atoms with Crippen LogP contribution < -0.4 is 15.8 Å². The van der Waals surface area contributed by atoms with Gasteiger partial charge in [-0.2, -0.15) is 0 Å². The van der Waals surface area contributed by atoms with Gasteiger partial charge in [-0.05, 0) is 56.2 Å². The zero-order valence-electron chi connectivity index (χ0n) is 18.0. The first-order chi connectivity index (χ1) is 15.1. The monoisotopic (exact) mass is 411 g/mol. The van der Waals surface area contributed by atoms with Crippen LogP contribution in [0.15, 0.2) is 58.1 Å². The first-order valence-corrected chi connectivity index (χ1v) is 10.9. The SMILES string of the molecule is CCc1cccc2[nH]c3cc4c(=O)c5c(N(CC)CC)cccc5[nH]c4cc3c(=O)c12. The molecule has 0 bridgehead atoms. The molecule has 31 heavy (non-hydrogen) atoms. The van der Waals surface area contributed by atoms with E-state index in [2.05, 4.69) is 35.6 Å². The molecule has 0 amide bonds. The number of H-pyrrole nitrogens is 2. The molecule has 2 aromatic heterocycles. The van der Waals surface area contributed by atoms with E-state index in [1.807, 2.05) is 48.5 Å². The Morgan fingerprint density at radius 1 is 0.710 bits per heavy atom. The quantitative estimate of drug-likeness (QED) is 0.405. The fourth-order valence-electron chi connectivity index (χ4n) is 4.72. The summed E-state index contributed by atoms with van der Waals surface area (Å²) in [5.74, 6) is 0. The first-order valence-electron chi connectivity index (χ1n) is 10.9. The summed E-state index contributed by atoms with van der Waals surface area (Å²) in [6.45, 7) is 7.88. The maximum absolute atomic E-state index is 13.6. The number of nitrogens with zero attached hydrogens (tertiary/aromatic N) is 1. The first kappa shape index (κ1) is 19.4. The second-order valence-electron chi connectivity index (χ2n) is 7.92. The predicted molar refractivity (Wildman–Crippen MR) is 131 cm³/mol. The zero-order valence-corrected chi connectivity index (χ0v) is 18.0. The predicted octanol–water partition coefficient (Wildman–Crippen LogP) is 5.08. The van der Waals surface area contributed by atoms with E-state index in [0.29, 0.717) is 27.2 Å². The van der Waals surface area contributed by atoms with Crippen LogP contribution in [0.5, 0.6) is 0 Å². The number of anilines is 1. The number of aromatic nitrogens is 2. The molecule has 0 aliphatic heterocycles. The van der Waals surface area contributed by atoms with Gasteiger partial charge in [0.15, 0.2) is 10.9 Å². The lowest BCUT2D eigenvalue weighted by atomic mass is 10.0. The number of rotatable bonds is 4. The van der Waals surface area contributed by atoms with Gasteiger partial charge in [0, 0.05) is 29.2 Å². The van der Waals surface area contributed by atoms with Gasteiger partial charge in [-0.3, -0.25) is 9.59 Å². The average molecular weight is 412 g/mol. The molecule has 0 saturated carbocycles. The molecule has 5 rings (SSSR count). The third-order valence-corrected chi connectivity index (χ3v) is 6.32. The van der Waals surface area contributed by atoms with Crippen LogP contribution in [0.1, 0.15) is 26.3 Å². The van der Waals surface area contributed by atoms with E-state index >= 15 is 0 Å². The van der Waals surface area contributed by atoms with Crippen molar-refractivity contribution in [2.45, 2.75) is 27.2 Å². The molecule has 2 heterocycles. The van der Waals surface area contributed by atoms with E-state index < -0.39 is 0 Å². The van der Waals surface area contributed by atoms with Gasteiger partial charge in [-0.1, -0.05) is 25.1 Å². The Kier molecular flexibility index (Phi) is 4.54. The molecule has 0 atom stereocenters. The molecular weight excluding hydrogens is 386 g/mol. The fraction of sp³-hybridized carbons (Fsp3) is 0.231. The van der Waals surface area contributed by atoms with Crippen molar-refractivity contribution < 1.29 is 0 Å². The van der Waals surface area contributed by atoms with Crippen LogP contribution in [-0.4, -0.2) is 23.1 Å². The van der Waals surface area contributed by atoms with Crippen LogP contribution in [0.2, 0.25) is 0 Å². The van der Waals surface area contributed by atoms with Crippen molar-refractivity contribution in [1.29, 1.82) is 0 Å². The molecular formula is C26H25N3O2. The molecule has 156 valence electrons. The number of aryl methyl sites for hydroxylation is 1. The van der Waals surface area contributed by atoms with Gasteiger partial charge in [0.2, 0.25) is 0 Å². The molecule has 0 saturated heterocycles. The summed E-state index contributed by atoms with van der Waals surface area (Å²) in [6, 6.07) is 15.4. The molecule has 0 aliphatic carbocycles. The largest absolute Gasteiger partial charge is 0.371 e. The Bertz CT molecular complexity index is 1590. The maximum Gasteiger partial charge on any atom is 0.199 e. The Balaban J connectivity index is 1.92. The van der Waals surface area contributed by atoms with Gasteiger partial charge < -0.3 is 14.9 Å². The van der Waals surface area contributed by atoms with Crippen LogP contribution in [0, 0.1) is 0 Å². The minimum atomic E-state index is -0.0172. The molecule has 5 heteroatoms. The van der Waals surface area contributed by atoms with Crippen molar-refractivity contribution in [3.63, 3.8) is 0 Å². The lowest BCUT2D eigenvalue weighted by Crippen LogP contribution is -2.23. The number of hydrogen-bond donors (Lipinski definition) is 2. The summed E-state index contributed by atoms with van der Waals surface area (Å²) < 4.78 is 0. The van der Waals surface area contributed by atoms with Crippen LogP contribution in [0.4, 0.5) is 5.69 Å². The number of fused-ring (bicyclic) bond motifs is 4. The van der Waals surface area contributed by atoms with E-state index in [1.165, 1.54) is 0 Å². The standard InChI is InChI=1S/C26H25N3O2/c1-4-15-9-7-10-18-23(15)25(30)16-13-21-17(14-20(16)27-18)26(31)24-19(28-21)11-8-12-22(24)29(5-2)6-3/h7-14H,4-6H2,1-3H3,(H,27,30)(H,28,31). The molecule has 0 aliphatic rings. The smallest absolute Gasteiger partial charge is 0.199 e. The molecule has 3 aromatic carbocycles. The zero-order chi connectivity index (χ0) is 21.7. The summed E-state index contributed by atoms with van der Waals surface area (Å²) in [4.78, 5) is 35.9. The highest BCUT2D eigenvalue weighted by atomic mass is 16.1. The highest BCUT2D eigenvalue weighted by molar-refractivity contribution is 6.05. The van der Waals surface area contributed by atoms with E-state index in [9.17, 15) is 9.59 Å². The lowest BCUT2D eigenvalue weighted by Gasteiger charge is -2.22. The summed E-state index contributed by atoms with van der Waals surface area (Å²) in [5, 5.41) is 2.59. The lowest BCUT2D eigenvalue weighted by molar-refractivity contribution is 0.870. The second kappa shape index (κ2) is 7.27. The number of pyridine rings is 2. The third-order valence-electron chi connectivity index (χ3n) is 6.32.